The molecule has 0 saturated heterocycles. The van der Waals surface area contributed by atoms with Crippen molar-refractivity contribution < 1.29 is 0 Å². The van der Waals surface area contributed by atoms with Crippen LogP contribution in [0.15, 0.2) is 255 Å². The number of fused-ring (bicyclic) bond motifs is 5. The predicted octanol–water partition coefficient (Wildman–Crippen LogP) is 18.2. The summed E-state index contributed by atoms with van der Waals surface area (Å²) in [5.74, 6) is 0. The summed E-state index contributed by atoms with van der Waals surface area (Å²) in [5.41, 5.74) is 18.6. The quantitative estimate of drug-likeness (QED) is 0.143. The Labute approximate surface area is 393 Å². The molecule has 0 bridgehead atoms. The molecule has 0 spiro atoms. The van der Waals surface area contributed by atoms with Crippen molar-refractivity contribution in [2.45, 2.75) is 19.3 Å². The van der Waals surface area contributed by atoms with Crippen molar-refractivity contribution in [1.29, 1.82) is 0 Å². The standard InChI is InChI=1S/C65H48N2/c1-65(2)61-34-20-19-33-58(61)59-38-37-54(44-62(59)65)67(52-30-13-6-14-31-52)56-41-50(40-55(43-56)66(51-28-11-5-12-29-51)53-36-35-45-21-15-16-26-48(45)39-53)64-60(46-22-7-3-8-23-46)42-49-27-17-18-32-57(49)63(64)47-24-9-4-10-25-47/h3-44H,1-2H3. The van der Waals surface area contributed by atoms with E-state index in [9.17, 15) is 0 Å². The van der Waals surface area contributed by atoms with Gasteiger partial charge < -0.3 is 9.80 Å². The van der Waals surface area contributed by atoms with E-state index in [1.807, 2.05) is 0 Å². The lowest BCUT2D eigenvalue weighted by molar-refractivity contribution is 0.660. The normalized spacial score (nSPS) is 12.4. The van der Waals surface area contributed by atoms with Gasteiger partial charge in [-0.05, 0) is 150 Å². The van der Waals surface area contributed by atoms with Crippen LogP contribution < -0.4 is 9.80 Å². The molecule has 2 nitrogen and oxygen atoms in total. The minimum absolute atomic E-state index is 0.169. The van der Waals surface area contributed by atoms with Crippen molar-refractivity contribution in [2.24, 2.45) is 0 Å². The van der Waals surface area contributed by atoms with Crippen LogP contribution >= 0.6 is 0 Å². The number of hydrogen-bond acceptors (Lipinski definition) is 2. The second kappa shape index (κ2) is 16.5. The summed E-state index contributed by atoms with van der Waals surface area (Å²) in [6.45, 7) is 4.73. The van der Waals surface area contributed by atoms with E-state index < -0.39 is 0 Å². The molecule has 0 radical (unpaired) electrons. The van der Waals surface area contributed by atoms with Crippen molar-refractivity contribution in [2.75, 3.05) is 9.80 Å². The first-order chi connectivity index (χ1) is 33.0. The molecule has 0 saturated carbocycles. The first-order valence-electron chi connectivity index (χ1n) is 23.3. The second-order valence-corrected chi connectivity index (χ2v) is 18.1. The van der Waals surface area contributed by atoms with Crippen molar-refractivity contribution in [3.05, 3.63) is 266 Å². The van der Waals surface area contributed by atoms with Crippen LogP contribution in [0.4, 0.5) is 34.1 Å². The Hall–Kier alpha value is -8.46. The predicted molar refractivity (Wildman–Crippen MR) is 285 cm³/mol. The highest BCUT2D eigenvalue weighted by Crippen LogP contribution is 2.53. The summed E-state index contributed by atoms with van der Waals surface area (Å²) in [4.78, 5) is 4.89. The van der Waals surface area contributed by atoms with Gasteiger partial charge in [0, 0.05) is 39.5 Å². The van der Waals surface area contributed by atoms with Crippen LogP contribution in [0.3, 0.4) is 0 Å². The number of nitrogens with zero attached hydrogens (tertiary/aromatic N) is 2. The fraction of sp³-hybridized carbons (Fsp3) is 0.0462. The third kappa shape index (κ3) is 7.06. The van der Waals surface area contributed by atoms with Crippen LogP contribution in [0.2, 0.25) is 0 Å². The van der Waals surface area contributed by atoms with E-state index in [-0.39, 0.29) is 5.41 Å². The highest BCUT2D eigenvalue weighted by atomic mass is 15.2. The molecule has 12 rings (SSSR count). The maximum absolute atomic E-state index is 2.46. The van der Waals surface area contributed by atoms with E-state index >= 15 is 0 Å². The smallest absolute Gasteiger partial charge is 0.0488 e. The average Bonchev–Trinajstić information content (AvgIpc) is 3.62. The Morgan fingerprint density at radius 3 is 1.45 bits per heavy atom. The van der Waals surface area contributed by atoms with E-state index in [0.717, 1.165) is 39.7 Å². The van der Waals surface area contributed by atoms with Gasteiger partial charge in [-0.25, -0.2) is 0 Å². The molecule has 67 heavy (non-hydrogen) atoms. The van der Waals surface area contributed by atoms with Crippen LogP contribution in [0.25, 0.3) is 66.1 Å². The van der Waals surface area contributed by atoms with Crippen molar-refractivity contribution in [1.82, 2.24) is 0 Å². The van der Waals surface area contributed by atoms with Crippen LogP contribution in [-0.2, 0) is 5.41 Å². The molecular weight excluding hydrogens is 809 g/mol. The molecule has 318 valence electrons. The largest absolute Gasteiger partial charge is 0.310 e. The van der Waals surface area contributed by atoms with E-state index in [4.69, 9.17) is 0 Å². The molecule has 0 fully saturated rings. The van der Waals surface area contributed by atoms with E-state index in [1.165, 1.54) is 71.6 Å². The summed E-state index contributed by atoms with van der Waals surface area (Å²) in [6, 6.07) is 93.5. The fourth-order valence-electron chi connectivity index (χ4n) is 10.6. The number of rotatable bonds is 9. The zero-order valence-corrected chi connectivity index (χ0v) is 37.6. The van der Waals surface area contributed by atoms with Gasteiger partial charge in [0.05, 0.1) is 0 Å². The third-order valence-corrected chi connectivity index (χ3v) is 13.7. The van der Waals surface area contributed by atoms with Gasteiger partial charge in [0.1, 0.15) is 0 Å². The Morgan fingerprint density at radius 1 is 0.269 bits per heavy atom. The first-order valence-corrected chi connectivity index (χ1v) is 23.3. The molecule has 11 aromatic carbocycles. The van der Waals surface area contributed by atoms with Crippen LogP contribution in [0, 0.1) is 0 Å². The zero-order chi connectivity index (χ0) is 44.9. The van der Waals surface area contributed by atoms with Gasteiger partial charge in [-0.15, -0.1) is 0 Å². The van der Waals surface area contributed by atoms with E-state index in [1.54, 1.807) is 0 Å². The zero-order valence-electron chi connectivity index (χ0n) is 37.6. The lowest BCUT2D eigenvalue weighted by atomic mass is 9.82. The van der Waals surface area contributed by atoms with Gasteiger partial charge in [-0.2, -0.15) is 0 Å². The summed E-state index contributed by atoms with van der Waals surface area (Å²) >= 11 is 0. The topological polar surface area (TPSA) is 6.48 Å². The monoisotopic (exact) mass is 856 g/mol. The second-order valence-electron chi connectivity index (χ2n) is 18.1. The van der Waals surface area contributed by atoms with Gasteiger partial charge in [0.15, 0.2) is 0 Å². The van der Waals surface area contributed by atoms with Gasteiger partial charge in [-0.1, -0.05) is 196 Å². The molecule has 0 heterocycles. The summed E-state index contributed by atoms with van der Waals surface area (Å²) in [7, 11) is 0. The molecule has 0 unspecified atom stereocenters. The Morgan fingerprint density at radius 2 is 0.776 bits per heavy atom. The lowest BCUT2D eigenvalue weighted by Crippen LogP contribution is -2.17. The molecule has 2 heteroatoms. The fourth-order valence-corrected chi connectivity index (χ4v) is 10.6. The minimum atomic E-state index is -0.169. The van der Waals surface area contributed by atoms with Gasteiger partial charge >= 0.3 is 0 Å². The summed E-state index contributed by atoms with van der Waals surface area (Å²) in [5, 5.41) is 4.82. The van der Waals surface area contributed by atoms with Crippen LogP contribution in [0.5, 0.6) is 0 Å². The molecule has 0 aliphatic heterocycles. The van der Waals surface area contributed by atoms with Crippen molar-refractivity contribution in [3.63, 3.8) is 0 Å². The summed E-state index contributed by atoms with van der Waals surface area (Å²) in [6.07, 6.45) is 0. The highest BCUT2D eigenvalue weighted by Gasteiger charge is 2.36. The van der Waals surface area contributed by atoms with Crippen LogP contribution in [-0.4, -0.2) is 0 Å². The molecule has 1 aliphatic carbocycles. The highest BCUT2D eigenvalue weighted by molar-refractivity contribution is 6.11. The van der Waals surface area contributed by atoms with E-state index in [2.05, 4.69) is 278 Å². The molecule has 0 N–H and O–H groups in total. The third-order valence-electron chi connectivity index (χ3n) is 13.7. The summed E-state index contributed by atoms with van der Waals surface area (Å²) < 4.78 is 0. The maximum Gasteiger partial charge on any atom is 0.0488 e. The van der Waals surface area contributed by atoms with Crippen LogP contribution in [0.1, 0.15) is 25.0 Å². The minimum Gasteiger partial charge on any atom is -0.310 e. The molecule has 0 aromatic heterocycles. The first kappa shape index (κ1) is 40.1. The molecule has 0 atom stereocenters. The Bertz CT molecular complexity index is 3600. The van der Waals surface area contributed by atoms with Gasteiger partial charge in [-0.3, -0.25) is 0 Å². The maximum atomic E-state index is 2.46. The number of para-hydroxylation sites is 2. The van der Waals surface area contributed by atoms with Crippen molar-refractivity contribution >= 4 is 55.7 Å². The molecule has 11 aromatic rings. The van der Waals surface area contributed by atoms with Gasteiger partial charge in [0.2, 0.25) is 0 Å². The van der Waals surface area contributed by atoms with Gasteiger partial charge in [0.25, 0.3) is 0 Å². The molecular formula is C65H48N2. The van der Waals surface area contributed by atoms with Crippen molar-refractivity contribution in [3.8, 4) is 44.5 Å². The Kier molecular flexibility index (Phi) is 9.88. The number of hydrogen-bond donors (Lipinski definition) is 0. The molecule has 0 amide bonds. The van der Waals surface area contributed by atoms with E-state index in [0.29, 0.717) is 0 Å². The SMILES string of the molecule is CC1(C)c2ccccc2-c2ccc(N(c3ccccc3)c3cc(-c4c(-c5ccccc5)cc5ccccc5c4-c4ccccc4)cc(N(c4ccccc4)c4ccc5ccccc5c4)c3)cc21. The lowest BCUT2D eigenvalue weighted by Gasteiger charge is -2.32. The molecule has 1 aliphatic rings. The average molecular weight is 857 g/mol. The number of benzene rings is 11. The Balaban J connectivity index is 1.20. The number of anilines is 6.